The Balaban J connectivity index is 2.37. The summed E-state index contributed by atoms with van der Waals surface area (Å²) in [5, 5.41) is 17.9. The number of carbonyl (C=O) groups is 2. The third kappa shape index (κ3) is 3.47. The van der Waals surface area contributed by atoms with Crippen LogP contribution in [0.5, 0.6) is 11.5 Å². The molecule has 0 aromatic heterocycles. The van der Waals surface area contributed by atoms with Crippen LogP contribution in [0.15, 0.2) is 42.5 Å². The van der Waals surface area contributed by atoms with Crippen molar-refractivity contribution in [3.8, 4) is 11.5 Å². The molecular formula is C14H9IO5. The van der Waals surface area contributed by atoms with Gasteiger partial charge in [0.2, 0.25) is 0 Å². The highest BCUT2D eigenvalue weighted by Crippen LogP contribution is 2.25. The molecule has 0 atom stereocenters. The van der Waals surface area contributed by atoms with Gasteiger partial charge in [-0.2, -0.15) is 0 Å². The Labute approximate surface area is 128 Å². The first-order chi connectivity index (χ1) is 9.45. The third-order valence-corrected chi connectivity index (χ3v) is 3.17. The predicted octanol–water partition coefficient (Wildman–Crippen LogP) is 3.48. The number of halogens is 1. The Morgan fingerprint density at radius 3 is 1.80 bits per heavy atom. The summed E-state index contributed by atoms with van der Waals surface area (Å²) in [7, 11) is 0. The highest BCUT2D eigenvalue weighted by Gasteiger charge is 2.12. The molecule has 20 heavy (non-hydrogen) atoms. The summed E-state index contributed by atoms with van der Waals surface area (Å²) in [5.74, 6) is -1.74. The van der Waals surface area contributed by atoms with Crippen LogP contribution in [0.4, 0.5) is 0 Å². The van der Waals surface area contributed by atoms with Gasteiger partial charge >= 0.3 is 11.9 Å². The van der Waals surface area contributed by atoms with Crippen molar-refractivity contribution in [2.75, 3.05) is 0 Å². The minimum absolute atomic E-state index is 0.134. The number of rotatable bonds is 4. The van der Waals surface area contributed by atoms with Crippen molar-refractivity contribution in [3.63, 3.8) is 0 Å². The maximum absolute atomic E-state index is 11.0. The SMILES string of the molecule is O=C(O)c1cc(Oc2ccc(I)cc2)cc(C(=O)O)c1. The first kappa shape index (κ1) is 14.3. The van der Waals surface area contributed by atoms with Crippen molar-refractivity contribution in [1.29, 1.82) is 0 Å². The van der Waals surface area contributed by atoms with Gasteiger partial charge in [0, 0.05) is 3.57 Å². The summed E-state index contributed by atoms with van der Waals surface area (Å²) in [6.45, 7) is 0. The standard InChI is InChI=1S/C14H9IO5/c15-10-1-3-11(4-2-10)20-12-6-8(13(16)17)5-9(7-12)14(18)19/h1-7H,(H,16,17)(H,18,19). The summed E-state index contributed by atoms with van der Waals surface area (Å²) < 4.78 is 6.51. The van der Waals surface area contributed by atoms with Gasteiger partial charge in [0.15, 0.2) is 0 Å². The fraction of sp³-hybridized carbons (Fsp3) is 0. The second-order valence-corrected chi connectivity index (χ2v) is 5.16. The number of carboxylic acids is 2. The Morgan fingerprint density at radius 2 is 1.35 bits per heavy atom. The molecule has 6 heteroatoms. The molecule has 102 valence electrons. The normalized spacial score (nSPS) is 10.1. The molecule has 2 aromatic carbocycles. The lowest BCUT2D eigenvalue weighted by molar-refractivity contribution is 0.0696. The van der Waals surface area contributed by atoms with Crippen molar-refractivity contribution in [2.45, 2.75) is 0 Å². The summed E-state index contributed by atoms with van der Waals surface area (Å²) >= 11 is 2.14. The molecule has 0 saturated carbocycles. The lowest BCUT2D eigenvalue weighted by Gasteiger charge is -2.08. The van der Waals surface area contributed by atoms with E-state index in [-0.39, 0.29) is 16.9 Å². The van der Waals surface area contributed by atoms with Crippen molar-refractivity contribution in [3.05, 3.63) is 57.2 Å². The van der Waals surface area contributed by atoms with Crippen LogP contribution in [0.1, 0.15) is 20.7 Å². The Bertz CT molecular complexity index is 632. The fourth-order valence-corrected chi connectivity index (χ4v) is 1.90. The topological polar surface area (TPSA) is 83.8 Å². The van der Waals surface area contributed by atoms with Crippen LogP contribution in [0.3, 0.4) is 0 Å². The van der Waals surface area contributed by atoms with Crippen molar-refractivity contribution < 1.29 is 24.5 Å². The van der Waals surface area contributed by atoms with Crippen molar-refractivity contribution >= 4 is 34.5 Å². The Morgan fingerprint density at radius 1 is 0.850 bits per heavy atom. The van der Waals surface area contributed by atoms with Crippen LogP contribution in [0.2, 0.25) is 0 Å². The van der Waals surface area contributed by atoms with E-state index < -0.39 is 11.9 Å². The summed E-state index contributed by atoms with van der Waals surface area (Å²) in [4.78, 5) is 22.0. The number of benzene rings is 2. The molecule has 5 nitrogen and oxygen atoms in total. The van der Waals surface area contributed by atoms with E-state index in [1.54, 1.807) is 12.1 Å². The van der Waals surface area contributed by atoms with Crippen LogP contribution >= 0.6 is 22.6 Å². The molecule has 0 unspecified atom stereocenters. The Kier molecular flexibility index (Phi) is 4.23. The van der Waals surface area contributed by atoms with Gasteiger partial charge in [-0.1, -0.05) is 0 Å². The second kappa shape index (κ2) is 5.91. The molecule has 0 radical (unpaired) electrons. The molecule has 0 amide bonds. The lowest BCUT2D eigenvalue weighted by atomic mass is 10.1. The summed E-state index contributed by atoms with van der Waals surface area (Å²) in [6, 6.07) is 10.8. The van der Waals surface area contributed by atoms with Gasteiger partial charge in [-0.15, -0.1) is 0 Å². The number of carboxylic acid groups (broad SMARTS) is 2. The molecule has 0 spiro atoms. The van der Waals surface area contributed by atoms with Gasteiger partial charge in [0.25, 0.3) is 0 Å². The van der Waals surface area contributed by atoms with Gasteiger partial charge in [0.05, 0.1) is 11.1 Å². The lowest BCUT2D eigenvalue weighted by Crippen LogP contribution is -2.03. The van der Waals surface area contributed by atoms with Gasteiger partial charge in [-0.05, 0) is 65.1 Å². The quantitative estimate of drug-likeness (QED) is 0.789. The molecule has 0 saturated heterocycles. The minimum atomic E-state index is -1.21. The number of hydrogen-bond acceptors (Lipinski definition) is 3. The molecule has 0 fully saturated rings. The van der Waals surface area contributed by atoms with E-state index in [1.807, 2.05) is 12.1 Å². The summed E-state index contributed by atoms with van der Waals surface area (Å²) in [6.07, 6.45) is 0. The van der Waals surface area contributed by atoms with Gasteiger partial charge in [0.1, 0.15) is 11.5 Å². The Hall–Kier alpha value is -2.09. The smallest absolute Gasteiger partial charge is 0.335 e. The average Bonchev–Trinajstić information content (AvgIpc) is 2.41. The summed E-state index contributed by atoms with van der Waals surface area (Å²) in [5.41, 5.74) is -0.268. The highest BCUT2D eigenvalue weighted by atomic mass is 127. The maximum Gasteiger partial charge on any atom is 0.335 e. The van der Waals surface area contributed by atoms with Gasteiger partial charge in [-0.3, -0.25) is 0 Å². The zero-order valence-corrected chi connectivity index (χ0v) is 12.2. The van der Waals surface area contributed by atoms with E-state index in [1.165, 1.54) is 12.1 Å². The van der Waals surface area contributed by atoms with Crippen LogP contribution in [-0.4, -0.2) is 22.2 Å². The molecular weight excluding hydrogens is 375 g/mol. The molecule has 0 aliphatic heterocycles. The van der Waals surface area contributed by atoms with Crippen LogP contribution in [0, 0.1) is 3.57 Å². The van der Waals surface area contributed by atoms with E-state index in [2.05, 4.69) is 22.6 Å². The first-order valence-electron chi connectivity index (χ1n) is 5.51. The zero-order chi connectivity index (χ0) is 14.7. The molecule has 0 aliphatic rings. The minimum Gasteiger partial charge on any atom is -0.478 e. The van der Waals surface area contributed by atoms with Crippen LogP contribution in [0.25, 0.3) is 0 Å². The molecule has 2 aromatic rings. The largest absolute Gasteiger partial charge is 0.478 e. The van der Waals surface area contributed by atoms with Gasteiger partial charge in [-0.25, -0.2) is 9.59 Å². The van der Waals surface area contributed by atoms with Gasteiger partial charge < -0.3 is 14.9 Å². The molecule has 0 aliphatic carbocycles. The van der Waals surface area contributed by atoms with E-state index in [4.69, 9.17) is 14.9 Å². The third-order valence-electron chi connectivity index (χ3n) is 2.45. The van der Waals surface area contributed by atoms with Crippen molar-refractivity contribution in [2.24, 2.45) is 0 Å². The fourth-order valence-electron chi connectivity index (χ4n) is 1.54. The van der Waals surface area contributed by atoms with Crippen LogP contribution < -0.4 is 4.74 Å². The molecule has 0 heterocycles. The van der Waals surface area contributed by atoms with E-state index in [0.717, 1.165) is 9.64 Å². The van der Waals surface area contributed by atoms with E-state index in [0.29, 0.717) is 5.75 Å². The molecule has 0 bridgehead atoms. The zero-order valence-electron chi connectivity index (χ0n) is 10.0. The molecule has 2 rings (SSSR count). The average molecular weight is 384 g/mol. The highest BCUT2D eigenvalue weighted by molar-refractivity contribution is 14.1. The van der Waals surface area contributed by atoms with E-state index in [9.17, 15) is 9.59 Å². The first-order valence-corrected chi connectivity index (χ1v) is 6.58. The molecule has 2 N–H and O–H groups in total. The number of ether oxygens (including phenoxy) is 1. The number of aromatic carboxylic acids is 2. The van der Waals surface area contributed by atoms with Crippen molar-refractivity contribution in [1.82, 2.24) is 0 Å². The monoisotopic (exact) mass is 384 g/mol. The number of hydrogen-bond donors (Lipinski definition) is 2. The maximum atomic E-state index is 11.0. The van der Waals surface area contributed by atoms with Crippen LogP contribution in [-0.2, 0) is 0 Å². The van der Waals surface area contributed by atoms with E-state index >= 15 is 0 Å². The second-order valence-electron chi connectivity index (χ2n) is 3.91. The predicted molar refractivity (Wildman–Crippen MR) is 79.6 cm³/mol.